The van der Waals surface area contributed by atoms with Crippen LogP contribution in [0.2, 0.25) is 5.02 Å². The minimum atomic E-state index is -0.564. The first kappa shape index (κ1) is 13.0. The summed E-state index contributed by atoms with van der Waals surface area (Å²) in [4.78, 5) is 15.2. The maximum Gasteiger partial charge on any atom is 0.340 e. The summed E-state index contributed by atoms with van der Waals surface area (Å²) >= 11 is 6.18. The van der Waals surface area contributed by atoms with Crippen molar-refractivity contribution in [3.05, 3.63) is 34.0 Å². The molecule has 0 saturated carbocycles. The predicted molar refractivity (Wildman–Crippen MR) is 75.8 cm³/mol. The van der Waals surface area contributed by atoms with Gasteiger partial charge in [0.05, 0.1) is 10.6 Å². The van der Waals surface area contributed by atoms with Gasteiger partial charge in [0.2, 0.25) is 0 Å². The molecular formula is C15H13ClN2O2. The summed E-state index contributed by atoms with van der Waals surface area (Å²) in [5.41, 5.74) is 3.76. The van der Waals surface area contributed by atoms with Crippen LogP contribution in [-0.2, 0) is 17.6 Å². The van der Waals surface area contributed by atoms with Gasteiger partial charge in [-0.1, -0.05) is 11.6 Å². The number of H-pyrrole nitrogens is 1. The number of aromatic amines is 1. The van der Waals surface area contributed by atoms with Crippen LogP contribution in [0.1, 0.15) is 34.5 Å². The second kappa shape index (κ2) is 5.18. The van der Waals surface area contributed by atoms with E-state index < -0.39 is 5.97 Å². The lowest BCUT2D eigenvalue weighted by molar-refractivity contribution is 0.0555. The molecule has 1 aromatic heterocycles. The van der Waals surface area contributed by atoms with E-state index in [9.17, 15) is 4.79 Å². The zero-order valence-corrected chi connectivity index (χ0v) is 11.6. The lowest BCUT2D eigenvalue weighted by Crippen LogP contribution is -2.06. The number of rotatable bonds is 2. The van der Waals surface area contributed by atoms with E-state index in [0.29, 0.717) is 10.6 Å². The van der Waals surface area contributed by atoms with Crippen LogP contribution < -0.4 is 0 Å². The molecule has 0 radical (unpaired) electrons. The van der Waals surface area contributed by atoms with Crippen molar-refractivity contribution in [1.82, 2.24) is 4.98 Å². The average molecular weight is 289 g/mol. The first-order valence-corrected chi connectivity index (χ1v) is 6.95. The molecule has 0 amide bonds. The van der Waals surface area contributed by atoms with Crippen molar-refractivity contribution in [2.45, 2.75) is 25.7 Å². The summed E-state index contributed by atoms with van der Waals surface area (Å²) in [7, 11) is 0. The van der Waals surface area contributed by atoms with Gasteiger partial charge in [-0.25, -0.2) is 4.79 Å². The highest BCUT2D eigenvalue weighted by Crippen LogP contribution is 2.32. The lowest BCUT2D eigenvalue weighted by atomic mass is 9.95. The van der Waals surface area contributed by atoms with E-state index in [1.165, 1.54) is 24.1 Å². The molecule has 3 rings (SSSR count). The number of aromatic nitrogens is 1. The second-order valence-corrected chi connectivity index (χ2v) is 5.31. The van der Waals surface area contributed by atoms with Gasteiger partial charge in [0, 0.05) is 16.6 Å². The van der Waals surface area contributed by atoms with E-state index in [4.69, 9.17) is 21.6 Å². The number of nitrogens with zero attached hydrogens (tertiary/aromatic N) is 1. The zero-order valence-electron chi connectivity index (χ0n) is 10.8. The molecular weight excluding hydrogens is 276 g/mol. The van der Waals surface area contributed by atoms with Crippen LogP contribution in [0.3, 0.4) is 0 Å². The number of nitriles is 1. The highest BCUT2D eigenvalue weighted by Gasteiger charge is 2.19. The van der Waals surface area contributed by atoms with E-state index in [0.717, 1.165) is 23.7 Å². The first-order valence-electron chi connectivity index (χ1n) is 6.57. The fourth-order valence-electron chi connectivity index (χ4n) is 2.76. The van der Waals surface area contributed by atoms with Crippen LogP contribution in [0, 0.1) is 11.3 Å². The third kappa shape index (κ3) is 2.14. The van der Waals surface area contributed by atoms with Crippen molar-refractivity contribution in [1.29, 1.82) is 5.26 Å². The number of fused-ring (bicyclic) bond motifs is 3. The number of benzene rings is 1. The number of ether oxygens (including phenoxy) is 1. The number of esters is 1. The standard InChI is InChI=1S/C15H13ClN2O2/c16-12-7-10-9-3-1-2-4-13(9)18-14(10)8-11(12)15(19)20-6-5-17/h7-8,18H,1-4,6H2. The molecule has 0 saturated heterocycles. The summed E-state index contributed by atoms with van der Waals surface area (Å²) in [6, 6.07) is 5.31. The third-order valence-corrected chi connectivity index (χ3v) is 3.99. The Balaban J connectivity index is 2.06. The summed E-state index contributed by atoms with van der Waals surface area (Å²) in [5.74, 6) is -0.564. The minimum absolute atomic E-state index is 0.269. The molecule has 5 heteroatoms. The van der Waals surface area contributed by atoms with Crippen molar-refractivity contribution >= 4 is 28.5 Å². The Kier molecular flexibility index (Phi) is 3.37. The smallest absolute Gasteiger partial charge is 0.340 e. The van der Waals surface area contributed by atoms with Crippen molar-refractivity contribution in [2.24, 2.45) is 0 Å². The molecule has 1 aliphatic rings. The third-order valence-electron chi connectivity index (χ3n) is 3.67. The van der Waals surface area contributed by atoms with Gasteiger partial charge in [-0.3, -0.25) is 0 Å². The Bertz CT molecular complexity index is 728. The fraction of sp³-hybridized carbons (Fsp3) is 0.333. The summed E-state index contributed by atoms with van der Waals surface area (Å²) in [6.07, 6.45) is 4.45. The van der Waals surface area contributed by atoms with Crippen LogP contribution >= 0.6 is 11.6 Å². The van der Waals surface area contributed by atoms with Crippen LogP contribution in [0.15, 0.2) is 12.1 Å². The van der Waals surface area contributed by atoms with E-state index in [2.05, 4.69) is 4.98 Å². The molecule has 1 aromatic carbocycles. The zero-order chi connectivity index (χ0) is 14.1. The largest absolute Gasteiger partial charge is 0.447 e. The monoisotopic (exact) mass is 288 g/mol. The van der Waals surface area contributed by atoms with Crippen LogP contribution in [-0.4, -0.2) is 17.6 Å². The Labute approximate surface area is 121 Å². The number of hydrogen-bond acceptors (Lipinski definition) is 3. The highest BCUT2D eigenvalue weighted by atomic mass is 35.5. The van der Waals surface area contributed by atoms with Crippen LogP contribution in [0.25, 0.3) is 10.9 Å². The van der Waals surface area contributed by atoms with Gasteiger partial charge in [0.25, 0.3) is 0 Å². The van der Waals surface area contributed by atoms with Gasteiger partial charge in [0.15, 0.2) is 6.61 Å². The molecule has 1 aliphatic carbocycles. The van der Waals surface area contributed by atoms with Crippen molar-refractivity contribution in [3.8, 4) is 6.07 Å². The van der Waals surface area contributed by atoms with Gasteiger partial charge >= 0.3 is 5.97 Å². The quantitative estimate of drug-likeness (QED) is 0.862. The van der Waals surface area contributed by atoms with Crippen molar-refractivity contribution in [3.63, 3.8) is 0 Å². The molecule has 0 bridgehead atoms. The SMILES string of the molecule is N#CCOC(=O)c1cc2[nH]c3c(c2cc1Cl)CCCC3. The molecule has 0 spiro atoms. The molecule has 1 N–H and O–H groups in total. The van der Waals surface area contributed by atoms with Gasteiger partial charge in [0.1, 0.15) is 6.07 Å². The number of hydrogen-bond donors (Lipinski definition) is 1. The van der Waals surface area contributed by atoms with E-state index >= 15 is 0 Å². The second-order valence-electron chi connectivity index (χ2n) is 4.90. The topological polar surface area (TPSA) is 65.9 Å². The van der Waals surface area contributed by atoms with Crippen molar-refractivity contribution in [2.75, 3.05) is 6.61 Å². The average Bonchev–Trinajstić information content (AvgIpc) is 2.81. The van der Waals surface area contributed by atoms with Crippen molar-refractivity contribution < 1.29 is 9.53 Å². The number of aryl methyl sites for hydroxylation is 2. The normalized spacial score (nSPS) is 13.8. The molecule has 0 aliphatic heterocycles. The molecule has 2 aromatic rings. The lowest BCUT2D eigenvalue weighted by Gasteiger charge is -2.10. The molecule has 20 heavy (non-hydrogen) atoms. The minimum Gasteiger partial charge on any atom is -0.447 e. The van der Waals surface area contributed by atoms with E-state index in [1.807, 2.05) is 6.07 Å². The Morgan fingerprint density at radius 3 is 3.00 bits per heavy atom. The number of carbonyl (C=O) groups excluding carboxylic acids is 1. The maximum absolute atomic E-state index is 11.8. The first-order chi connectivity index (χ1) is 9.70. The highest BCUT2D eigenvalue weighted by molar-refractivity contribution is 6.34. The number of halogens is 1. The van der Waals surface area contributed by atoms with Crippen LogP contribution in [0.5, 0.6) is 0 Å². The van der Waals surface area contributed by atoms with E-state index in [-0.39, 0.29) is 6.61 Å². The maximum atomic E-state index is 11.8. The Morgan fingerprint density at radius 2 is 2.20 bits per heavy atom. The summed E-state index contributed by atoms with van der Waals surface area (Å²) in [5, 5.41) is 9.90. The number of carbonyl (C=O) groups is 1. The molecule has 102 valence electrons. The molecule has 4 nitrogen and oxygen atoms in total. The van der Waals surface area contributed by atoms with Gasteiger partial charge in [-0.05, 0) is 43.4 Å². The molecule has 0 fully saturated rings. The van der Waals surface area contributed by atoms with E-state index in [1.54, 1.807) is 12.1 Å². The molecule has 0 unspecified atom stereocenters. The van der Waals surface area contributed by atoms with Gasteiger partial charge < -0.3 is 9.72 Å². The Hall–Kier alpha value is -1.99. The number of nitrogens with one attached hydrogen (secondary N) is 1. The predicted octanol–water partition coefficient (Wildman–Crippen LogP) is 3.38. The fourth-order valence-corrected chi connectivity index (χ4v) is 3.00. The van der Waals surface area contributed by atoms with Crippen LogP contribution in [0.4, 0.5) is 0 Å². The summed E-state index contributed by atoms with van der Waals surface area (Å²) < 4.78 is 4.81. The summed E-state index contributed by atoms with van der Waals surface area (Å²) in [6.45, 7) is -0.269. The molecule has 1 heterocycles. The van der Waals surface area contributed by atoms with Gasteiger partial charge in [-0.2, -0.15) is 5.26 Å². The molecule has 0 atom stereocenters. The van der Waals surface area contributed by atoms with Gasteiger partial charge in [-0.15, -0.1) is 0 Å². The Morgan fingerprint density at radius 1 is 1.40 bits per heavy atom.